The van der Waals surface area contributed by atoms with Crippen molar-refractivity contribution in [1.82, 2.24) is 15.5 Å². The molecule has 2 aliphatic rings. The van der Waals surface area contributed by atoms with Gasteiger partial charge in [-0.15, -0.1) is 24.0 Å². The molecule has 0 aliphatic heterocycles. The lowest BCUT2D eigenvalue weighted by Crippen LogP contribution is -2.51. The molecule has 148 valence electrons. The topological polar surface area (TPSA) is 59.9 Å². The number of nitrogens with zero attached hydrogens (tertiary/aromatic N) is 2. The van der Waals surface area contributed by atoms with Crippen LogP contribution >= 0.6 is 24.0 Å². The van der Waals surface area contributed by atoms with Crippen LogP contribution in [0.1, 0.15) is 65.2 Å². The monoisotopic (exact) mass is 466 g/mol. The van der Waals surface area contributed by atoms with Crippen LogP contribution in [-0.4, -0.2) is 60.8 Å². The van der Waals surface area contributed by atoms with Gasteiger partial charge in [-0.2, -0.15) is 0 Å². The first-order chi connectivity index (χ1) is 11.4. The Labute approximate surface area is 171 Å². The van der Waals surface area contributed by atoms with Crippen LogP contribution in [0.2, 0.25) is 0 Å². The molecule has 25 heavy (non-hydrogen) atoms. The van der Waals surface area contributed by atoms with Gasteiger partial charge in [-0.3, -0.25) is 4.99 Å². The standard InChI is InChI=1S/C19H38N4O.HI/c1-5-20-18(22-16-8-10-17(24)11-9-16)21-14-19(23(3)4)12-6-7-15(2)13-19;/h15-17,24H,5-14H2,1-4H3,(H2,20,21,22);1H. The second-order valence-corrected chi connectivity index (χ2v) is 8.17. The molecule has 2 fully saturated rings. The SMILES string of the molecule is CCNC(=NCC1(N(C)C)CCCC(C)C1)NC1CCC(O)CC1.I. The van der Waals surface area contributed by atoms with Gasteiger partial charge in [0.15, 0.2) is 5.96 Å². The number of guanidine groups is 1. The highest BCUT2D eigenvalue weighted by molar-refractivity contribution is 14.0. The molecule has 2 atom stereocenters. The van der Waals surface area contributed by atoms with E-state index in [0.717, 1.165) is 50.7 Å². The van der Waals surface area contributed by atoms with Crippen LogP contribution in [0.25, 0.3) is 0 Å². The molecule has 2 rings (SSSR count). The van der Waals surface area contributed by atoms with Gasteiger partial charge in [-0.05, 0) is 65.5 Å². The lowest BCUT2D eigenvalue weighted by molar-refractivity contribution is 0.0844. The van der Waals surface area contributed by atoms with Crippen molar-refractivity contribution in [3.8, 4) is 0 Å². The highest BCUT2D eigenvalue weighted by Gasteiger charge is 2.36. The zero-order valence-electron chi connectivity index (χ0n) is 16.6. The summed E-state index contributed by atoms with van der Waals surface area (Å²) in [6.07, 6.45) is 8.88. The van der Waals surface area contributed by atoms with E-state index in [1.54, 1.807) is 0 Å². The summed E-state index contributed by atoms with van der Waals surface area (Å²) in [4.78, 5) is 7.36. The molecular formula is C19H39IN4O. The van der Waals surface area contributed by atoms with Gasteiger partial charge >= 0.3 is 0 Å². The lowest BCUT2D eigenvalue weighted by atomic mass is 9.75. The van der Waals surface area contributed by atoms with Crippen molar-refractivity contribution in [2.45, 2.75) is 82.9 Å². The summed E-state index contributed by atoms with van der Waals surface area (Å²) in [5.41, 5.74) is 0.197. The summed E-state index contributed by atoms with van der Waals surface area (Å²) >= 11 is 0. The van der Waals surface area contributed by atoms with Crippen molar-refractivity contribution in [2.75, 3.05) is 27.2 Å². The number of hydrogen-bond acceptors (Lipinski definition) is 3. The molecule has 5 nitrogen and oxygen atoms in total. The van der Waals surface area contributed by atoms with Gasteiger partial charge in [0, 0.05) is 18.1 Å². The number of nitrogens with one attached hydrogen (secondary N) is 2. The average Bonchev–Trinajstić information content (AvgIpc) is 2.55. The van der Waals surface area contributed by atoms with E-state index in [4.69, 9.17) is 4.99 Å². The number of likely N-dealkylation sites (N-methyl/N-ethyl adjacent to an activating group) is 1. The van der Waals surface area contributed by atoms with Crippen LogP contribution in [0.4, 0.5) is 0 Å². The predicted octanol–water partition coefficient (Wildman–Crippen LogP) is 2.97. The molecule has 0 aromatic carbocycles. The zero-order valence-corrected chi connectivity index (χ0v) is 18.9. The minimum absolute atomic E-state index is 0. The highest BCUT2D eigenvalue weighted by atomic mass is 127. The van der Waals surface area contributed by atoms with Gasteiger partial charge in [-0.25, -0.2) is 0 Å². The molecule has 6 heteroatoms. The van der Waals surface area contributed by atoms with E-state index in [2.05, 4.69) is 43.5 Å². The number of hydrogen-bond donors (Lipinski definition) is 3. The summed E-state index contributed by atoms with van der Waals surface area (Å²) in [7, 11) is 4.41. The number of halogens is 1. The Kier molecular flexibility index (Phi) is 10.0. The van der Waals surface area contributed by atoms with Gasteiger partial charge in [-0.1, -0.05) is 19.8 Å². The molecule has 3 N–H and O–H groups in total. The highest BCUT2D eigenvalue weighted by Crippen LogP contribution is 2.35. The van der Waals surface area contributed by atoms with Crippen LogP contribution < -0.4 is 10.6 Å². The maximum Gasteiger partial charge on any atom is 0.191 e. The number of aliphatic hydroxyl groups is 1. The summed E-state index contributed by atoms with van der Waals surface area (Å²) in [5.74, 6) is 1.73. The second-order valence-electron chi connectivity index (χ2n) is 8.17. The maximum atomic E-state index is 9.68. The smallest absolute Gasteiger partial charge is 0.191 e. The third kappa shape index (κ3) is 6.86. The number of rotatable bonds is 5. The van der Waals surface area contributed by atoms with Gasteiger partial charge in [0.25, 0.3) is 0 Å². The number of aliphatic imine (C=N–C) groups is 1. The predicted molar refractivity (Wildman–Crippen MR) is 117 cm³/mol. The minimum atomic E-state index is -0.108. The molecule has 0 aromatic rings. The summed E-state index contributed by atoms with van der Waals surface area (Å²) in [6.45, 7) is 6.23. The van der Waals surface area contributed by atoms with Crippen LogP contribution in [0.5, 0.6) is 0 Å². The summed E-state index contributed by atoms with van der Waals surface area (Å²) in [5, 5.41) is 16.7. The molecule has 0 radical (unpaired) electrons. The fraction of sp³-hybridized carbons (Fsp3) is 0.947. The van der Waals surface area contributed by atoms with Crippen LogP contribution in [-0.2, 0) is 0 Å². The molecule has 2 aliphatic carbocycles. The third-order valence-corrected chi connectivity index (χ3v) is 5.93. The van der Waals surface area contributed by atoms with E-state index < -0.39 is 0 Å². The fourth-order valence-electron chi connectivity index (χ4n) is 4.28. The molecule has 0 saturated heterocycles. The summed E-state index contributed by atoms with van der Waals surface area (Å²) in [6, 6.07) is 0.437. The minimum Gasteiger partial charge on any atom is -0.393 e. The molecule has 0 aromatic heterocycles. The maximum absolute atomic E-state index is 9.68. The van der Waals surface area contributed by atoms with Crippen molar-refractivity contribution in [3.05, 3.63) is 0 Å². The van der Waals surface area contributed by atoms with E-state index in [1.165, 1.54) is 25.7 Å². The van der Waals surface area contributed by atoms with E-state index in [-0.39, 0.29) is 35.6 Å². The zero-order chi connectivity index (χ0) is 17.6. The average molecular weight is 466 g/mol. The molecular weight excluding hydrogens is 427 g/mol. The van der Waals surface area contributed by atoms with Crippen molar-refractivity contribution < 1.29 is 5.11 Å². The van der Waals surface area contributed by atoms with E-state index in [9.17, 15) is 5.11 Å². The van der Waals surface area contributed by atoms with Gasteiger partial charge < -0.3 is 20.6 Å². The van der Waals surface area contributed by atoms with E-state index >= 15 is 0 Å². The molecule has 2 unspecified atom stereocenters. The van der Waals surface area contributed by atoms with E-state index in [1.807, 2.05) is 0 Å². The van der Waals surface area contributed by atoms with Crippen molar-refractivity contribution in [1.29, 1.82) is 0 Å². The van der Waals surface area contributed by atoms with Gasteiger partial charge in [0.1, 0.15) is 0 Å². The Balaban J connectivity index is 0.00000312. The third-order valence-electron chi connectivity index (χ3n) is 5.93. The summed E-state index contributed by atoms with van der Waals surface area (Å²) < 4.78 is 0. The fourth-order valence-corrected chi connectivity index (χ4v) is 4.28. The number of aliphatic hydroxyl groups excluding tert-OH is 1. The Bertz CT molecular complexity index is 410. The first-order valence-corrected chi connectivity index (χ1v) is 9.85. The molecule has 0 bridgehead atoms. The molecule has 0 heterocycles. The van der Waals surface area contributed by atoms with Crippen molar-refractivity contribution >= 4 is 29.9 Å². The Morgan fingerprint density at radius 2 is 1.88 bits per heavy atom. The van der Waals surface area contributed by atoms with Gasteiger partial charge in [0.2, 0.25) is 0 Å². The lowest BCUT2D eigenvalue weighted by Gasteiger charge is -2.44. The quantitative estimate of drug-likeness (QED) is 0.331. The van der Waals surface area contributed by atoms with Crippen LogP contribution in [0, 0.1) is 5.92 Å². The van der Waals surface area contributed by atoms with Crippen LogP contribution in [0.3, 0.4) is 0 Å². The molecule has 0 spiro atoms. The first-order valence-electron chi connectivity index (χ1n) is 9.85. The largest absolute Gasteiger partial charge is 0.393 e. The second kappa shape index (κ2) is 10.9. The Morgan fingerprint density at radius 1 is 1.20 bits per heavy atom. The normalized spacial score (nSPS) is 33.7. The van der Waals surface area contributed by atoms with Crippen molar-refractivity contribution in [3.63, 3.8) is 0 Å². The van der Waals surface area contributed by atoms with E-state index in [0.29, 0.717) is 6.04 Å². The van der Waals surface area contributed by atoms with Crippen LogP contribution in [0.15, 0.2) is 4.99 Å². The Hall–Kier alpha value is -0.0800. The Morgan fingerprint density at radius 3 is 2.44 bits per heavy atom. The molecule has 0 amide bonds. The molecule has 2 saturated carbocycles. The van der Waals surface area contributed by atoms with Crippen molar-refractivity contribution in [2.24, 2.45) is 10.9 Å². The van der Waals surface area contributed by atoms with Gasteiger partial charge in [0.05, 0.1) is 12.6 Å². The first kappa shape index (κ1) is 23.0.